The zero-order valence-electron chi connectivity index (χ0n) is 15.4. The highest BCUT2D eigenvalue weighted by atomic mass is 16.6. The summed E-state index contributed by atoms with van der Waals surface area (Å²) < 4.78 is 16.2. The molecule has 1 atom stereocenters. The summed E-state index contributed by atoms with van der Waals surface area (Å²) in [6, 6.07) is 15.1. The van der Waals surface area contributed by atoms with E-state index < -0.39 is 12.1 Å². The zero-order valence-corrected chi connectivity index (χ0v) is 15.4. The van der Waals surface area contributed by atoms with Crippen LogP contribution in [0.1, 0.15) is 30.0 Å². The van der Waals surface area contributed by atoms with Gasteiger partial charge in [-0.1, -0.05) is 35.9 Å². The number of hydrogen-bond donors (Lipinski definition) is 0. The highest BCUT2D eigenvalue weighted by molar-refractivity contribution is 5.87. The van der Waals surface area contributed by atoms with Gasteiger partial charge in [-0.05, 0) is 38.1 Å². The molecule has 1 unspecified atom stereocenters. The lowest BCUT2D eigenvalue weighted by molar-refractivity contribution is -0.143. The van der Waals surface area contributed by atoms with Gasteiger partial charge >= 0.3 is 5.97 Å². The molecule has 0 N–H and O–H groups in total. The van der Waals surface area contributed by atoms with E-state index in [-0.39, 0.29) is 5.89 Å². The minimum Gasteiger partial charge on any atom is -0.496 e. The second-order valence-corrected chi connectivity index (χ2v) is 5.97. The monoisotopic (exact) mass is 364 g/mol. The van der Waals surface area contributed by atoms with E-state index in [1.54, 1.807) is 20.1 Å². The number of methoxy groups -OCH3 is 1. The summed E-state index contributed by atoms with van der Waals surface area (Å²) >= 11 is 0. The lowest BCUT2D eigenvalue weighted by atomic mass is 10.1. The zero-order chi connectivity index (χ0) is 19.2. The predicted molar refractivity (Wildman–Crippen MR) is 101 cm³/mol. The molecule has 0 fully saturated rings. The first-order valence-corrected chi connectivity index (χ1v) is 8.49. The van der Waals surface area contributed by atoms with Gasteiger partial charge in [0.05, 0.1) is 7.11 Å². The fourth-order valence-electron chi connectivity index (χ4n) is 2.52. The molecule has 0 aliphatic rings. The van der Waals surface area contributed by atoms with Crippen molar-refractivity contribution >= 4 is 12.0 Å². The topological polar surface area (TPSA) is 74.5 Å². The summed E-state index contributed by atoms with van der Waals surface area (Å²) in [4.78, 5) is 12.1. The van der Waals surface area contributed by atoms with Gasteiger partial charge in [0.1, 0.15) is 5.75 Å². The van der Waals surface area contributed by atoms with Crippen LogP contribution in [0.25, 0.3) is 17.5 Å². The van der Waals surface area contributed by atoms with Crippen molar-refractivity contribution in [2.24, 2.45) is 0 Å². The van der Waals surface area contributed by atoms with Crippen molar-refractivity contribution in [3.05, 3.63) is 71.6 Å². The van der Waals surface area contributed by atoms with Crippen LogP contribution < -0.4 is 4.74 Å². The largest absolute Gasteiger partial charge is 0.496 e. The predicted octanol–water partition coefficient (Wildman–Crippen LogP) is 4.37. The normalized spacial score (nSPS) is 12.1. The molecule has 2 aromatic carbocycles. The lowest BCUT2D eigenvalue weighted by Gasteiger charge is -2.07. The van der Waals surface area contributed by atoms with Crippen LogP contribution >= 0.6 is 0 Å². The summed E-state index contributed by atoms with van der Waals surface area (Å²) in [7, 11) is 1.58. The van der Waals surface area contributed by atoms with Gasteiger partial charge in [-0.25, -0.2) is 4.79 Å². The first-order chi connectivity index (χ1) is 13.1. The lowest BCUT2D eigenvalue weighted by Crippen LogP contribution is -2.06. The van der Waals surface area contributed by atoms with Gasteiger partial charge < -0.3 is 13.9 Å². The second-order valence-electron chi connectivity index (χ2n) is 5.97. The van der Waals surface area contributed by atoms with Crippen LogP contribution in [0.15, 0.2) is 59.0 Å². The number of nitrogens with zero attached hydrogens (tertiary/aromatic N) is 2. The van der Waals surface area contributed by atoms with Crippen LogP contribution in [0.5, 0.6) is 5.75 Å². The number of rotatable bonds is 6. The van der Waals surface area contributed by atoms with Gasteiger partial charge in [0.25, 0.3) is 5.89 Å². The number of aromatic nitrogens is 2. The van der Waals surface area contributed by atoms with E-state index in [0.717, 1.165) is 16.7 Å². The number of esters is 1. The number of aryl methyl sites for hydroxylation is 1. The number of benzene rings is 2. The maximum absolute atomic E-state index is 12.1. The molecule has 1 heterocycles. The molecule has 6 nitrogen and oxygen atoms in total. The van der Waals surface area contributed by atoms with Crippen LogP contribution in [-0.4, -0.2) is 23.3 Å². The number of hydrogen-bond acceptors (Lipinski definition) is 6. The molecule has 0 saturated heterocycles. The molecule has 0 amide bonds. The maximum Gasteiger partial charge on any atom is 0.331 e. The minimum atomic E-state index is -0.661. The average Bonchev–Trinajstić information content (AvgIpc) is 3.17. The van der Waals surface area contributed by atoms with Crippen molar-refractivity contribution in [2.75, 3.05) is 7.11 Å². The molecule has 0 aliphatic heterocycles. The Labute approximate surface area is 157 Å². The molecule has 0 bridgehead atoms. The molecule has 0 aliphatic carbocycles. The van der Waals surface area contributed by atoms with Crippen LogP contribution in [0.4, 0.5) is 0 Å². The van der Waals surface area contributed by atoms with Crippen molar-refractivity contribution in [1.29, 1.82) is 0 Å². The Balaban J connectivity index is 1.66. The van der Waals surface area contributed by atoms with E-state index in [2.05, 4.69) is 10.2 Å². The summed E-state index contributed by atoms with van der Waals surface area (Å²) in [6.45, 7) is 3.67. The molecule has 138 valence electrons. The third-order valence-corrected chi connectivity index (χ3v) is 3.88. The maximum atomic E-state index is 12.1. The van der Waals surface area contributed by atoms with Crippen molar-refractivity contribution in [3.63, 3.8) is 0 Å². The Bertz CT molecular complexity index is 962. The molecule has 0 radical (unpaired) electrons. The fourth-order valence-corrected chi connectivity index (χ4v) is 2.52. The quantitative estimate of drug-likeness (QED) is 0.477. The van der Waals surface area contributed by atoms with Crippen LogP contribution in [0.2, 0.25) is 0 Å². The molecular formula is C21H20N2O4. The van der Waals surface area contributed by atoms with Gasteiger partial charge in [0.2, 0.25) is 5.89 Å². The highest BCUT2D eigenvalue weighted by Crippen LogP contribution is 2.23. The van der Waals surface area contributed by atoms with Crippen molar-refractivity contribution < 1.29 is 18.7 Å². The van der Waals surface area contributed by atoms with Crippen molar-refractivity contribution in [2.45, 2.75) is 20.0 Å². The Morgan fingerprint density at radius 2 is 1.96 bits per heavy atom. The van der Waals surface area contributed by atoms with E-state index in [1.807, 2.05) is 55.5 Å². The van der Waals surface area contributed by atoms with Crippen molar-refractivity contribution in [1.82, 2.24) is 10.2 Å². The highest BCUT2D eigenvalue weighted by Gasteiger charge is 2.18. The summed E-state index contributed by atoms with van der Waals surface area (Å²) in [5.41, 5.74) is 2.70. The van der Waals surface area contributed by atoms with Gasteiger partial charge in [0, 0.05) is 17.2 Å². The molecule has 27 heavy (non-hydrogen) atoms. The number of ether oxygens (including phenoxy) is 2. The van der Waals surface area contributed by atoms with Gasteiger partial charge in [-0.15, -0.1) is 10.2 Å². The SMILES string of the molecule is COc1ccccc1/C=C/C(=O)OC(C)c1nnc(-c2cccc(C)c2)o1. The van der Waals surface area contributed by atoms with E-state index >= 15 is 0 Å². The second kappa shape index (κ2) is 8.31. The first-order valence-electron chi connectivity index (χ1n) is 8.49. The van der Waals surface area contributed by atoms with E-state index in [9.17, 15) is 4.79 Å². The first kappa shape index (κ1) is 18.4. The van der Waals surface area contributed by atoms with E-state index in [4.69, 9.17) is 13.9 Å². The molecule has 0 saturated carbocycles. The Kier molecular flexibility index (Phi) is 5.66. The fraction of sp³-hybridized carbons (Fsp3) is 0.190. The Morgan fingerprint density at radius 1 is 1.15 bits per heavy atom. The average molecular weight is 364 g/mol. The molecular weight excluding hydrogens is 344 g/mol. The van der Waals surface area contributed by atoms with Gasteiger partial charge in [0.15, 0.2) is 6.10 Å². The summed E-state index contributed by atoms with van der Waals surface area (Å²) in [6.07, 6.45) is 2.32. The molecule has 3 aromatic rings. The standard InChI is InChI=1S/C21H20N2O4/c1-14-7-6-9-17(13-14)21-23-22-20(27-21)15(2)26-19(24)12-11-16-8-4-5-10-18(16)25-3/h4-13,15H,1-3H3/b12-11+. The third kappa shape index (κ3) is 4.61. The Hall–Kier alpha value is -3.41. The van der Waals surface area contributed by atoms with Gasteiger partial charge in [-0.3, -0.25) is 0 Å². The van der Waals surface area contributed by atoms with Crippen molar-refractivity contribution in [3.8, 4) is 17.2 Å². The number of para-hydroxylation sites is 1. The summed E-state index contributed by atoms with van der Waals surface area (Å²) in [5, 5.41) is 8.01. The summed E-state index contributed by atoms with van der Waals surface area (Å²) in [5.74, 6) is 0.796. The third-order valence-electron chi connectivity index (χ3n) is 3.88. The van der Waals surface area contributed by atoms with E-state index in [1.165, 1.54) is 6.08 Å². The molecule has 3 rings (SSSR count). The van der Waals surface area contributed by atoms with E-state index in [0.29, 0.717) is 11.6 Å². The van der Waals surface area contributed by atoms with Gasteiger partial charge in [-0.2, -0.15) is 0 Å². The molecule has 6 heteroatoms. The number of carbonyl (C=O) groups excluding carboxylic acids is 1. The molecule has 0 spiro atoms. The molecule has 1 aromatic heterocycles. The minimum absolute atomic E-state index is 0.241. The smallest absolute Gasteiger partial charge is 0.331 e. The van der Waals surface area contributed by atoms with Crippen LogP contribution in [0.3, 0.4) is 0 Å². The Morgan fingerprint density at radius 3 is 2.74 bits per heavy atom. The van der Waals surface area contributed by atoms with Crippen LogP contribution in [0, 0.1) is 6.92 Å². The number of carbonyl (C=O) groups is 1. The van der Waals surface area contributed by atoms with Crippen LogP contribution in [-0.2, 0) is 9.53 Å².